The average molecular weight is 936 g/mol. The van der Waals surface area contributed by atoms with Gasteiger partial charge < -0.3 is 50.9 Å². The van der Waals surface area contributed by atoms with Crippen LogP contribution in [0.25, 0.3) is 11.2 Å². The van der Waals surface area contributed by atoms with Crippen LogP contribution in [0.4, 0.5) is 5.82 Å². The first-order chi connectivity index (χ1) is 27.9. The number of phosphoric ester groups is 3. The standard InChI is InChI=1S/C31H52N7O18P3S/c1-4-5-6-7-8-9-19(39)14-22(41)60-13-12-33-21(40)10-11-34-29(44)26(43)31(2,3)16-53-59(50,51)56-58(48,49)52-15-20-25(55-57(45,46)47)24(42)30(54-20)38-18-37-23-27(32)35-17-36-28(23)38/h17-18,20,24-26,30,42-43H,4-16H2,1-3H3,(H,33,40)(H,34,44)(H,48,49)(H,50,51)(H2,32,35,36)(H2,45,46,47)/t20-,24-,25-,26+,30-/m1/s1. The number of hydrogen-bond acceptors (Lipinski definition) is 19. The fourth-order valence-electron chi connectivity index (χ4n) is 5.52. The second kappa shape index (κ2) is 23.1. The summed E-state index contributed by atoms with van der Waals surface area (Å²) in [5.41, 5.74) is 4.23. The number of anilines is 1. The highest BCUT2D eigenvalue weighted by molar-refractivity contribution is 8.13. The smallest absolute Gasteiger partial charge is 0.386 e. The highest BCUT2D eigenvalue weighted by Gasteiger charge is 2.50. The summed E-state index contributed by atoms with van der Waals surface area (Å²) in [6, 6.07) is 0. The van der Waals surface area contributed by atoms with Crippen LogP contribution in [-0.2, 0) is 55.5 Å². The van der Waals surface area contributed by atoms with Crippen LogP contribution in [0, 0.1) is 5.41 Å². The summed E-state index contributed by atoms with van der Waals surface area (Å²) < 4.78 is 62.2. The van der Waals surface area contributed by atoms with E-state index in [-0.39, 0.29) is 59.6 Å². The van der Waals surface area contributed by atoms with E-state index >= 15 is 0 Å². The number of Topliss-reactive ketones (excluding diaryl/α,β-unsaturated/α-hetero) is 1. The van der Waals surface area contributed by atoms with E-state index < -0.39 is 84.6 Å². The molecular weight excluding hydrogens is 883 g/mol. The number of nitrogens with one attached hydrogen (secondary N) is 2. The zero-order chi connectivity index (χ0) is 44.9. The number of unbranched alkanes of at least 4 members (excludes halogenated alkanes) is 4. The molecular formula is C31H52N7O18P3S. The normalized spacial score (nSPS) is 20.9. The molecule has 1 fully saturated rings. The van der Waals surface area contributed by atoms with Gasteiger partial charge >= 0.3 is 23.5 Å². The van der Waals surface area contributed by atoms with Crippen LogP contribution < -0.4 is 16.4 Å². The van der Waals surface area contributed by atoms with Crippen molar-refractivity contribution in [3.63, 3.8) is 0 Å². The summed E-state index contributed by atoms with van der Waals surface area (Å²) in [6.07, 6.45) is -1.89. The van der Waals surface area contributed by atoms with E-state index in [1.807, 2.05) is 0 Å². The van der Waals surface area contributed by atoms with E-state index in [2.05, 4.69) is 41.3 Å². The molecule has 2 amide bonds. The number of hydrogen-bond donors (Lipinski definition) is 9. The van der Waals surface area contributed by atoms with Crippen molar-refractivity contribution in [2.75, 3.05) is 37.8 Å². The van der Waals surface area contributed by atoms with Crippen molar-refractivity contribution in [1.29, 1.82) is 0 Å². The van der Waals surface area contributed by atoms with E-state index in [1.165, 1.54) is 13.8 Å². The number of aliphatic hydroxyl groups is 2. The molecule has 25 nitrogen and oxygen atoms in total. The highest BCUT2D eigenvalue weighted by atomic mass is 32.2. The molecule has 0 aliphatic carbocycles. The van der Waals surface area contributed by atoms with Crippen LogP contribution in [-0.4, -0.2) is 128 Å². The van der Waals surface area contributed by atoms with Crippen LogP contribution in [0.1, 0.15) is 78.4 Å². The van der Waals surface area contributed by atoms with Gasteiger partial charge in [-0.25, -0.2) is 28.6 Å². The summed E-state index contributed by atoms with van der Waals surface area (Å²) >= 11 is 0.925. The van der Waals surface area contributed by atoms with E-state index in [0.29, 0.717) is 6.42 Å². The first-order valence-electron chi connectivity index (χ1n) is 18.5. The third-order valence-corrected chi connectivity index (χ3v) is 12.6. The van der Waals surface area contributed by atoms with E-state index in [1.54, 1.807) is 0 Å². The number of nitrogens with zero attached hydrogens (tertiary/aromatic N) is 4. The molecule has 1 saturated heterocycles. The van der Waals surface area contributed by atoms with Crippen molar-refractivity contribution in [3.05, 3.63) is 12.7 Å². The van der Waals surface area contributed by atoms with Crippen molar-refractivity contribution in [2.45, 2.75) is 103 Å². The molecule has 0 aromatic carbocycles. The zero-order valence-corrected chi connectivity index (χ0v) is 36.4. The van der Waals surface area contributed by atoms with Gasteiger partial charge in [-0.15, -0.1) is 0 Å². The molecule has 60 heavy (non-hydrogen) atoms. The SMILES string of the molecule is CCCCCCCC(=O)CC(=O)SCCNC(=O)CCNC(=O)[C@H](O)C(C)(C)COP(=O)(O)OP(=O)(O)OC[C@H]1O[C@@H](n2cnc3c(N)ncnc32)[C@H](O)[C@@H]1OP(=O)(O)O. The molecule has 0 saturated carbocycles. The number of nitrogens with two attached hydrogens (primary N) is 1. The molecule has 340 valence electrons. The Balaban J connectivity index is 1.42. The Kier molecular flexibility index (Phi) is 19.8. The third-order valence-electron chi connectivity index (χ3n) is 8.67. The second-order valence-electron chi connectivity index (χ2n) is 14.2. The number of carbonyl (C=O) groups excluding carboxylic acids is 4. The van der Waals surface area contributed by atoms with Crippen molar-refractivity contribution >= 4 is 74.9 Å². The molecule has 2 unspecified atom stereocenters. The van der Waals surface area contributed by atoms with Gasteiger partial charge in [-0.05, 0) is 6.42 Å². The van der Waals surface area contributed by atoms with Crippen molar-refractivity contribution in [3.8, 4) is 0 Å². The molecule has 1 aliphatic rings. The Morgan fingerprint density at radius 1 is 0.983 bits per heavy atom. The minimum atomic E-state index is -5.58. The quantitative estimate of drug-likeness (QED) is 0.0342. The summed E-state index contributed by atoms with van der Waals surface area (Å²) in [6.45, 7) is 2.42. The Morgan fingerprint density at radius 3 is 2.35 bits per heavy atom. The predicted molar refractivity (Wildman–Crippen MR) is 210 cm³/mol. The van der Waals surface area contributed by atoms with Gasteiger partial charge in [0.05, 0.1) is 26.0 Å². The number of rotatable bonds is 27. The van der Waals surface area contributed by atoms with Crippen molar-refractivity contribution < 1.29 is 85.3 Å². The average Bonchev–Trinajstić information content (AvgIpc) is 3.71. The number of imidazole rings is 1. The molecule has 2 aromatic rings. The molecule has 1 aliphatic heterocycles. The minimum absolute atomic E-state index is 0.0253. The summed E-state index contributed by atoms with van der Waals surface area (Å²) in [5.74, 6) is -1.42. The van der Waals surface area contributed by atoms with Crippen molar-refractivity contribution in [2.24, 2.45) is 5.41 Å². The fourth-order valence-corrected chi connectivity index (χ4v) is 9.05. The van der Waals surface area contributed by atoms with Gasteiger partial charge in [0, 0.05) is 37.1 Å². The number of aromatic nitrogens is 4. The lowest BCUT2D eigenvalue weighted by atomic mass is 9.87. The number of carbonyl (C=O) groups is 4. The molecule has 7 atom stereocenters. The number of phosphoric acid groups is 3. The lowest BCUT2D eigenvalue weighted by molar-refractivity contribution is -0.137. The third kappa shape index (κ3) is 16.8. The lowest BCUT2D eigenvalue weighted by Crippen LogP contribution is -2.46. The largest absolute Gasteiger partial charge is 0.481 e. The number of aliphatic hydroxyl groups excluding tert-OH is 2. The highest BCUT2D eigenvalue weighted by Crippen LogP contribution is 2.61. The summed E-state index contributed by atoms with van der Waals surface area (Å²) in [4.78, 5) is 99.7. The molecule has 0 bridgehead atoms. The van der Waals surface area contributed by atoms with Gasteiger partial charge in [0.15, 0.2) is 22.8 Å². The van der Waals surface area contributed by atoms with Gasteiger partial charge in [-0.1, -0.05) is 58.2 Å². The molecule has 3 rings (SSSR count). The molecule has 3 heterocycles. The van der Waals surface area contributed by atoms with E-state index in [4.69, 9.17) is 19.5 Å². The van der Waals surface area contributed by atoms with Gasteiger partial charge in [0.2, 0.25) is 11.8 Å². The maximum absolute atomic E-state index is 12.7. The molecule has 29 heteroatoms. The zero-order valence-electron chi connectivity index (χ0n) is 32.9. The van der Waals surface area contributed by atoms with Crippen LogP contribution >= 0.6 is 35.2 Å². The van der Waals surface area contributed by atoms with Gasteiger partial charge in [0.1, 0.15) is 42.0 Å². The summed E-state index contributed by atoms with van der Waals surface area (Å²) in [7, 11) is -16.4. The maximum atomic E-state index is 12.7. The number of ketones is 1. The molecule has 0 radical (unpaired) electrons. The number of amides is 2. The van der Waals surface area contributed by atoms with Crippen LogP contribution in [0.15, 0.2) is 12.7 Å². The lowest BCUT2D eigenvalue weighted by Gasteiger charge is -2.30. The summed E-state index contributed by atoms with van der Waals surface area (Å²) in [5, 5.41) is 26.1. The molecule has 0 spiro atoms. The predicted octanol–water partition coefficient (Wildman–Crippen LogP) is 0.984. The van der Waals surface area contributed by atoms with Crippen molar-refractivity contribution in [1.82, 2.24) is 30.2 Å². The Bertz CT molecular complexity index is 1940. The van der Waals surface area contributed by atoms with Gasteiger partial charge in [-0.3, -0.25) is 37.3 Å². The van der Waals surface area contributed by atoms with Crippen LogP contribution in [0.3, 0.4) is 0 Å². The topological polar surface area (TPSA) is 381 Å². The minimum Gasteiger partial charge on any atom is -0.386 e. The van der Waals surface area contributed by atoms with Gasteiger partial charge in [0.25, 0.3) is 0 Å². The Labute approximate surface area is 348 Å². The van der Waals surface area contributed by atoms with Gasteiger partial charge in [-0.2, -0.15) is 4.31 Å². The molecule has 2 aromatic heterocycles. The maximum Gasteiger partial charge on any atom is 0.481 e. The van der Waals surface area contributed by atoms with Crippen LogP contribution in [0.2, 0.25) is 0 Å². The van der Waals surface area contributed by atoms with Crippen LogP contribution in [0.5, 0.6) is 0 Å². The number of nitrogen functional groups attached to an aromatic ring is 1. The first kappa shape index (κ1) is 51.6. The number of ether oxygens (including phenoxy) is 1. The Morgan fingerprint density at radius 2 is 1.67 bits per heavy atom. The second-order valence-corrected chi connectivity index (χ2v) is 19.6. The molecule has 10 N–H and O–H groups in total. The Hall–Kier alpha value is -2.77. The first-order valence-corrected chi connectivity index (χ1v) is 24.0. The fraction of sp³-hybridized carbons (Fsp3) is 0.710. The van der Waals surface area contributed by atoms with E-state index in [0.717, 1.165) is 61.1 Å². The monoisotopic (exact) mass is 935 g/mol. The number of fused-ring (bicyclic) bond motifs is 1. The van der Waals surface area contributed by atoms with E-state index in [9.17, 15) is 62.7 Å². The number of thioether (sulfide) groups is 1.